The molecule has 8 nitrogen and oxygen atoms in total. The van der Waals surface area contributed by atoms with Crippen molar-refractivity contribution in [1.29, 1.82) is 0 Å². The van der Waals surface area contributed by atoms with Crippen LogP contribution in [0.3, 0.4) is 0 Å². The van der Waals surface area contributed by atoms with Crippen LogP contribution in [0.25, 0.3) is 0 Å². The summed E-state index contributed by atoms with van der Waals surface area (Å²) < 4.78 is 0. The lowest BCUT2D eigenvalue weighted by Crippen LogP contribution is -2.31. The Morgan fingerprint density at radius 1 is 1.07 bits per heavy atom. The van der Waals surface area contributed by atoms with Crippen molar-refractivity contribution in [3.8, 4) is 0 Å². The van der Waals surface area contributed by atoms with Crippen molar-refractivity contribution in [1.82, 2.24) is 5.32 Å². The SMILES string of the molecule is CNC(=O)Cc1ccc(NC(=O)c2cc([N+](=O)[O-])ccc2N2CCCCC2)cc1. The molecule has 2 amide bonds. The second-order valence-electron chi connectivity index (χ2n) is 7.01. The van der Waals surface area contributed by atoms with Gasteiger partial charge in [-0.15, -0.1) is 0 Å². The maximum atomic E-state index is 12.9. The quantitative estimate of drug-likeness (QED) is 0.577. The third-order valence-electron chi connectivity index (χ3n) is 4.99. The van der Waals surface area contributed by atoms with Gasteiger partial charge >= 0.3 is 0 Å². The molecule has 0 bridgehead atoms. The number of rotatable bonds is 6. The van der Waals surface area contributed by atoms with Crippen LogP contribution in [0.15, 0.2) is 42.5 Å². The highest BCUT2D eigenvalue weighted by Gasteiger charge is 2.22. The number of nitro benzene ring substituents is 1. The summed E-state index contributed by atoms with van der Waals surface area (Å²) in [5.74, 6) is -0.488. The predicted octanol–water partition coefficient (Wildman–Crippen LogP) is 3.13. The Balaban J connectivity index is 1.82. The number of nitro groups is 1. The van der Waals surface area contributed by atoms with Crippen LogP contribution in [0.2, 0.25) is 0 Å². The first-order valence-electron chi connectivity index (χ1n) is 9.62. The van der Waals surface area contributed by atoms with Crippen molar-refractivity contribution in [2.75, 3.05) is 30.4 Å². The van der Waals surface area contributed by atoms with E-state index in [-0.39, 0.29) is 23.6 Å². The van der Waals surface area contributed by atoms with E-state index < -0.39 is 10.8 Å². The largest absolute Gasteiger partial charge is 0.371 e. The van der Waals surface area contributed by atoms with E-state index in [1.54, 1.807) is 37.4 Å². The van der Waals surface area contributed by atoms with Crippen LogP contribution in [-0.4, -0.2) is 36.9 Å². The highest BCUT2D eigenvalue weighted by molar-refractivity contribution is 6.08. The number of amides is 2. The van der Waals surface area contributed by atoms with E-state index in [1.807, 2.05) is 0 Å². The standard InChI is InChI=1S/C21H24N4O4/c1-22-20(26)13-15-5-7-16(8-6-15)23-21(27)18-14-17(25(28)29)9-10-19(18)24-11-3-2-4-12-24/h5-10,14H,2-4,11-13H2,1H3,(H,22,26)(H,23,27). The summed E-state index contributed by atoms with van der Waals surface area (Å²) in [7, 11) is 1.58. The van der Waals surface area contributed by atoms with Gasteiger partial charge in [-0.05, 0) is 43.0 Å². The zero-order valence-electron chi connectivity index (χ0n) is 16.3. The van der Waals surface area contributed by atoms with Crippen molar-refractivity contribution in [3.05, 3.63) is 63.7 Å². The number of nitrogens with zero attached hydrogens (tertiary/aromatic N) is 2. The number of hydrogen-bond acceptors (Lipinski definition) is 5. The predicted molar refractivity (Wildman–Crippen MR) is 111 cm³/mol. The number of non-ortho nitro benzene ring substituents is 1. The van der Waals surface area contributed by atoms with E-state index in [1.165, 1.54) is 12.1 Å². The third kappa shape index (κ3) is 5.10. The molecular weight excluding hydrogens is 372 g/mol. The smallest absolute Gasteiger partial charge is 0.270 e. The molecule has 3 rings (SSSR count). The molecule has 0 atom stereocenters. The summed E-state index contributed by atoms with van der Waals surface area (Å²) in [6, 6.07) is 11.4. The van der Waals surface area contributed by atoms with Crippen LogP contribution < -0.4 is 15.5 Å². The van der Waals surface area contributed by atoms with Gasteiger partial charge in [0.05, 0.1) is 22.6 Å². The van der Waals surface area contributed by atoms with Crippen molar-refractivity contribution >= 4 is 28.9 Å². The number of hydrogen-bond donors (Lipinski definition) is 2. The normalized spacial score (nSPS) is 13.6. The van der Waals surface area contributed by atoms with Gasteiger partial charge in [0, 0.05) is 38.0 Å². The number of benzene rings is 2. The number of carbonyl (C=O) groups is 2. The Labute approximate surface area is 169 Å². The lowest BCUT2D eigenvalue weighted by molar-refractivity contribution is -0.384. The molecule has 1 aliphatic heterocycles. The zero-order valence-corrected chi connectivity index (χ0v) is 16.3. The Kier molecular flexibility index (Phi) is 6.43. The maximum absolute atomic E-state index is 12.9. The van der Waals surface area contributed by atoms with Gasteiger partial charge < -0.3 is 15.5 Å². The molecule has 152 valence electrons. The molecule has 29 heavy (non-hydrogen) atoms. The molecule has 0 unspecified atom stereocenters. The third-order valence-corrected chi connectivity index (χ3v) is 4.99. The Bertz CT molecular complexity index is 905. The van der Waals surface area contributed by atoms with Gasteiger partial charge in [-0.3, -0.25) is 19.7 Å². The second-order valence-corrected chi connectivity index (χ2v) is 7.01. The fourth-order valence-electron chi connectivity index (χ4n) is 3.41. The molecule has 2 N–H and O–H groups in total. The second kappa shape index (κ2) is 9.18. The van der Waals surface area contributed by atoms with Crippen molar-refractivity contribution in [2.24, 2.45) is 0 Å². The van der Waals surface area contributed by atoms with Crippen LogP contribution in [0.4, 0.5) is 17.1 Å². The van der Waals surface area contributed by atoms with Crippen molar-refractivity contribution in [3.63, 3.8) is 0 Å². The summed E-state index contributed by atoms with van der Waals surface area (Å²) in [5, 5.41) is 16.6. The minimum Gasteiger partial charge on any atom is -0.371 e. The van der Waals surface area contributed by atoms with Gasteiger partial charge in [0.2, 0.25) is 5.91 Å². The molecule has 0 saturated carbocycles. The van der Waals surface area contributed by atoms with Crippen LogP contribution in [0.5, 0.6) is 0 Å². The summed E-state index contributed by atoms with van der Waals surface area (Å²) in [6.07, 6.45) is 3.47. The fourth-order valence-corrected chi connectivity index (χ4v) is 3.41. The molecule has 2 aromatic rings. The molecule has 0 aromatic heterocycles. The average molecular weight is 396 g/mol. The van der Waals surface area contributed by atoms with E-state index in [2.05, 4.69) is 15.5 Å². The van der Waals surface area contributed by atoms with Crippen LogP contribution in [0.1, 0.15) is 35.2 Å². The minimum absolute atomic E-state index is 0.0930. The molecule has 1 saturated heterocycles. The molecule has 0 aliphatic carbocycles. The molecular formula is C21H24N4O4. The monoisotopic (exact) mass is 396 g/mol. The highest BCUT2D eigenvalue weighted by atomic mass is 16.6. The van der Waals surface area contributed by atoms with Gasteiger partial charge in [-0.25, -0.2) is 0 Å². The number of likely N-dealkylation sites (N-methyl/N-ethyl adjacent to an activating group) is 1. The Morgan fingerprint density at radius 3 is 2.38 bits per heavy atom. The molecule has 0 radical (unpaired) electrons. The van der Waals surface area contributed by atoms with E-state index in [0.717, 1.165) is 37.9 Å². The van der Waals surface area contributed by atoms with E-state index in [4.69, 9.17) is 0 Å². The van der Waals surface area contributed by atoms with Crippen LogP contribution in [0, 0.1) is 10.1 Å². The molecule has 1 heterocycles. The van der Waals surface area contributed by atoms with Crippen LogP contribution >= 0.6 is 0 Å². The number of carbonyl (C=O) groups excluding carboxylic acids is 2. The first-order chi connectivity index (χ1) is 14.0. The molecule has 1 aliphatic rings. The van der Waals surface area contributed by atoms with Gasteiger partial charge in [0.25, 0.3) is 11.6 Å². The first kappa shape index (κ1) is 20.3. The zero-order chi connectivity index (χ0) is 20.8. The lowest BCUT2D eigenvalue weighted by Gasteiger charge is -2.30. The van der Waals surface area contributed by atoms with Crippen molar-refractivity contribution in [2.45, 2.75) is 25.7 Å². The summed E-state index contributed by atoms with van der Waals surface area (Å²) in [4.78, 5) is 37.2. The molecule has 8 heteroatoms. The first-order valence-corrected chi connectivity index (χ1v) is 9.62. The highest BCUT2D eigenvalue weighted by Crippen LogP contribution is 2.29. The van der Waals surface area contributed by atoms with Crippen molar-refractivity contribution < 1.29 is 14.5 Å². The number of anilines is 2. The minimum atomic E-state index is -0.496. The van der Waals surface area contributed by atoms with E-state index in [9.17, 15) is 19.7 Å². The fraction of sp³-hybridized carbons (Fsp3) is 0.333. The molecule has 2 aromatic carbocycles. The van der Waals surface area contributed by atoms with E-state index >= 15 is 0 Å². The van der Waals surface area contributed by atoms with E-state index in [0.29, 0.717) is 11.4 Å². The summed E-state index contributed by atoms with van der Waals surface area (Å²) in [5.41, 5.74) is 2.27. The topological polar surface area (TPSA) is 105 Å². The molecule has 1 fully saturated rings. The van der Waals surface area contributed by atoms with Gasteiger partial charge in [0.15, 0.2) is 0 Å². The summed E-state index contributed by atoms with van der Waals surface area (Å²) in [6.45, 7) is 1.65. The Hall–Kier alpha value is -3.42. The van der Waals surface area contributed by atoms with Crippen LogP contribution in [-0.2, 0) is 11.2 Å². The Morgan fingerprint density at radius 2 is 1.76 bits per heavy atom. The average Bonchev–Trinajstić information content (AvgIpc) is 2.75. The van der Waals surface area contributed by atoms with Gasteiger partial charge in [-0.1, -0.05) is 12.1 Å². The molecule has 0 spiro atoms. The van der Waals surface area contributed by atoms with Gasteiger partial charge in [0.1, 0.15) is 0 Å². The number of piperidine rings is 1. The van der Waals surface area contributed by atoms with Gasteiger partial charge in [-0.2, -0.15) is 0 Å². The number of nitrogens with one attached hydrogen (secondary N) is 2. The lowest BCUT2D eigenvalue weighted by atomic mass is 10.1. The maximum Gasteiger partial charge on any atom is 0.270 e. The summed E-state index contributed by atoms with van der Waals surface area (Å²) >= 11 is 0.